The molecule has 1 aromatic heterocycles. The number of nitrogens with zero attached hydrogens (tertiary/aromatic N) is 4. The predicted octanol–water partition coefficient (Wildman–Crippen LogP) is 1.40. The summed E-state index contributed by atoms with van der Waals surface area (Å²) in [5, 5.41) is 0. The van der Waals surface area contributed by atoms with E-state index in [1.54, 1.807) is 30.1 Å². The van der Waals surface area contributed by atoms with Crippen LogP contribution in [0.25, 0.3) is 0 Å². The maximum atomic E-state index is 12.6. The first kappa shape index (κ1) is 15.8. The summed E-state index contributed by atoms with van der Waals surface area (Å²) in [5.74, 6) is 0.481. The van der Waals surface area contributed by atoms with E-state index in [4.69, 9.17) is 0 Å². The Hall–Kier alpha value is -2.11. The van der Waals surface area contributed by atoms with E-state index in [1.165, 1.54) is 0 Å². The topological polar surface area (TPSA) is 56.8 Å². The molecule has 0 saturated carbocycles. The normalized spacial score (nSPS) is 21.7. The summed E-state index contributed by atoms with van der Waals surface area (Å²) in [6.07, 6.45) is 3.57. The number of amides is 3. The van der Waals surface area contributed by atoms with Crippen LogP contribution in [0.2, 0.25) is 0 Å². The maximum absolute atomic E-state index is 12.6. The van der Waals surface area contributed by atoms with Crippen LogP contribution < -0.4 is 0 Å². The average molecular weight is 316 g/mol. The van der Waals surface area contributed by atoms with E-state index in [9.17, 15) is 9.59 Å². The molecule has 0 aliphatic carbocycles. The van der Waals surface area contributed by atoms with Crippen LogP contribution in [0.5, 0.6) is 0 Å². The Morgan fingerprint density at radius 2 is 1.96 bits per heavy atom. The summed E-state index contributed by atoms with van der Waals surface area (Å²) in [5.41, 5.74) is 1.06. The molecule has 6 nitrogen and oxygen atoms in total. The first-order valence-corrected chi connectivity index (χ1v) is 8.22. The molecule has 0 N–H and O–H groups in total. The van der Waals surface area contributed by atoms with Crippen molar-refractivity contribution in [2.24, 2.45) is 5.92 Å². The minimum absolute atomic E-state index is 0.00234. The van der Waals surface area contributed by atoms with Gasteiger partial charge in [0.15, 0.2) is 0 Å². The van der Waals surface area contributed by atoms with Crippen LogP contribution in [0.3, 0.4) is 0 Å². The molecule has 0 unspecified atom stereocenters. The number of likely N-dealkylation sites (tertiary alicyclic amines) is 2. The number of piperidine rings is 1. The Kier molecular flexibility index (Phi) is 4.50. The number of carbonyl (C=O) groups is 2. The van der Waals surface area contributed by atoms with Gasteiger partial charge >= 0.3 is 6.03 Å². The van der Waals surface area contributed by atoms with Crippen LogP contribution in [0.15, 0.2) is 24.4 Å². The lowest BCUT2D eigenvalue weighted by Crippen LogP contribution is -2.54. The van der Waals surface area contributed by atoms with Crippen LogP contribution in [0.1, 0.15) is 24.5 Å². The van der Waals surface area contributed by atoms with E-state index in [1.807, 2.05) is 23.1 Å². The number of aromatic nitrogens is 1. The van der Waals surface area contributed by atoms with Gasteiger partial charge in [-0.15, -0.1) is 0 Å². The van der Waals surface area contributed by atoms with Crippen molar-refractivity contribution in [2.75, 3.05) is 40.3 Å². The minimum atomic E-state index is -0.0580. The van der Waals surface area contributed by atoms with Crippen molar-refractivity contribution in [1.82, 2.24) is 19.7 Å². The first-order valence-electron chi connectivity index (χ1n) is 8.22. The number of hydrogen-bond donors (Lipinski definition) is 0. The molecule has 1 aromatic rings. The smallest absolute Gasteiger partial charge is 0.319 e. The SMILES string of the molecule is CN(C)C(=O)N1CCC[C@@H](C(=O)N2CC(c3ccccn3)C2)C1. The monoisotopic (exact) mass is 316 g/mol. The van der Waals surface area contributed by atoms with Crippen molar-refractivity contribution in [3.63, 3.8) is 0 Å². The zero-order chi connectivity index (χ0) is 16.4. The third kappa shape index (κ3) is 3.30. The highest BCUT2D eigenvalue weighted by atomic mass is 16.2. The van der Waals surface area contributed by atoms with Gasteiger partial charge in [-0.05, 0) is 25.0 Å². The van der Waals surface area contributed by atoms with Crippen molar-refractivity contribution in [1.29, 1.82) is 0 Å². The van der Waals surface area contributed by atoms with E-state index in [0.29, 0.717) is 12.5 Å². The van der Waals surface area contributed by atoms with Gasteiger partial charge in [0.05, 0.1) is 5.92 Å². The Morgan fingerprint density at radius 3 is 2.61 bits per heavy atom. The number of carbonyl (C=O) groups excluding carboxylic acids is 2. The van der Waals surface area contributed by atoms with E-state index < -0.39 is 0 Å². The van der Waals surface area contributed by atoms with Gasteiger partial charge in [-0.2, -0.15) is 0 Å². The van der Waals surface area contributed by atoms with Gasteiger partial charge in [0.2, 0.25) is 5.91 Å². The minimum Gasteiger partial charge on any atom is -0.341 e. The molecule has 0 bridgehead atoms. The van der Waals surface area contributed by atoms with Crippen LogP contribution in [-0.2, 0) is 4.79 Å². The highest BCUT2D eigenvalue weighted by molar-refractivity contribution is 5.81. The third-order valence-corrected chi connectivity index (χ3v) is 4.72. The second-order valence-corrected chi connectivity index (χ2v) is 6.66. The van der Waals surface area contributed by atoms with E-state index in [2.05, 4.69) is 4.98 Å². The molecular weight excluding hydrogens is 292 g/mol. The molecule has 1 atom stereocenters. The van der Waals surface area contributed by atoms with Crippen molar-refractivity contribution in [3.8, 4) is 0 Å². The number of urea groups is 1. The van der Waals surface area contributed by atoms with Gasteiger partial charge in [0.1, 0.15) is 0 Å². The number of rotatable bonds is 2. The fraction of sp³-hybridized carbons (Fsp3) is 0.588. The van der Waals surface area contributed by atoms with Gasteiger partial charge in [0.25, 0.3) is 0 Å². The highest BCUT2D eigenvalue weighted by Gasteiger charge is 2.38. The Bertz CT molecular complexity index is 569. The largest absolute Gasteiger partial charge is 0.341 e. The molecule has 0 spiro atoms. The molecule has 2 aliphatic heterocycles. The summed E-state index contributed by atoms with van der Waals surface area (Å²) in [7, 11) is 3.50. The third-order valence-electron chi connectivity index (χ3n) is 4.72. The molecule has 23 heavy (non-hydrogen) atoms. The van der Waals surface area contributed by atoms with Gasteiger partial charge in [0, 0.05) is 58.1 Å². The molecule has 124 valence electrons. The Morgan fingerprint density at radius 1 is 1.17 bits per heavy atom. The molecule has 2 fully saturated rings. The summed E-state index contributed by atoms with van der Waals surface area (Å²) >= 11 is 0. The Balaban J connectivity index is 1.54. The maximum Gasteiger partial charge on any atom is 0.319 e. The molecule has 3 heterocycles. The predicted molar refractivity (Wildman–Crippen MR) is 86.9 cm³/mol. The summed E-state index contributed by atoms with van der Waals surface area (Å²) in [6.45, 7) is 2.78. The van der Waals surface area contributed by atoms with Crippen LogP contribution in [-0.4, -0.2) is 71.9 Å². The molecule has 2 saturated heterocycles. The standard InChI is InChI=1S/C17H24N4O2/c1-19(2)17(23)20-9-5-6-13(10-20)16(22)21-11-14(12-21)15-7-3-4-8-18-15/h3-4,7-8,13-14H,5-6,9-12H2,1-2H3/t13-/m1/s1. The zero-order valence-corrected chi connectivity index (χ0v) is 13.8. The summed E-state index contributed by atoms with van der Waals surface area (Å²) in [6, 6.07) is 5.91. The molecule has 3 rings (SSSR count). The molecule has 3 amide bonds. The quantitative estimate of drug-likeness (QED) is 0.829. The van der Waals surface area contributed by atoms with Crippen molar-refractivity contribution in [3.05, 3.63) is 30.1 Å². The first-order chi connectivity index (χ1) is 11.1. The van der Waals surface area contributed by atoms with Crippen molar-refractivity contribution >= 4 is 11.9 Å². The van der Waals surface area contributed by atoms with E-state index in [-0.39, 0.29) is 17.9 Å². The number of hydrogen-bond acceptors (Lipinski definition) is 3. The second kappa shape index (κ2) is 6.56. The van der Waals surface area contributed by atoms with Gasteiger partial charge in [-0.3, -0.25) is 9.78 Å². The number of pyridine rings is 1. The summed E-state index contributed by atoms with van der Waals surface area (Å²) < 4.78 is 0. The van der Waals surface area contributed by atoms with Crippen LogP contribution >= 0.6 is 0 Å². The fourth-order valence-corrected chi connectivity index (χ4v) is 3.36. The van der Waals surface area contributed by atoms with E-state index >= 15 is 0 Å². The molecule has 6 heteroatoms. The van der Waals surface area contributed by atoms with E-state index in [0.717, 1.165) is 38.2 Å². The average Bonchev–Trinajstić information content (AvgIpc) is 2.53. The molecule has 2 aliphatic rings. The zero-order valence-electron chi connectivity index (χ0n) is 13.8. The molecular formula is C17H24N4O2. The Labute approximate surface area is 137 Å². The molecule has 0 aromatic carbocycles. The second-order valence-electron chi connectivity index (χ2n) is 6.66. The highest BCUT2D eigenvalue weighted by Crippen LogP contribution is 2.29. The summed E-state index contributed by atoms with van der Waals surface area (Å²) in [4.78, 5) is 34.4. The van der Waals surface area contributed by atoms with Crippen LogP contribution in [0, 0.1) is 5.92 Å². The lowest BCUT2D eigenvalue weighted by Gasteiger charge is -2.42. The van der Waals surface area contributed by atoms with Crippen molar-refractivity contribution in [2.45, 2.75) is 18.8 Å². The van der Waals surface area contributed by atoms with Crippen LogP contribution in [0.4, 0.5) is 4.79 Å². The lowest BCUT2D eigenvalue weighted by molar-refractivity contribution is -0.141. The molecule has 0 radical (unpaired) electrons. The van der Waals surface area contributed by atoms with Gasteiger partial charge in [-0.25, -0.2) is 4.79 Å². The van der Waals surface area contributed by atoms with Gasteiger partial charge in [-0.1, -0.05) is 6.07 Å². The lowest BCUT2D eigenvalue weighted by atomic mass is 9.91. The fourth-order valence-electron chi connectivity index (χ4n) is 3.36. The van der Waals surface area contributed by atoms with Crippen molar-refractivity contribution < 1.29 is 9.59 Å². The van der Waals surface area contributed by atoms with Gasteiger partial charge < -0.3 is 14.7 Å².